The highest BCUT2D eigenvalue weighted by Crippen LogP contribution is 2.36. The van der Waals surface area contributed by atoms with Crippen molar-refractivity contribution < 1.29 is 35.1 Å². The number of hydrogen-bond acceptors (Lipinski definition) is 3. The topological polar surface area (TPSA) is 46.6 Å². The van der Waals surface area contributed by atoms with E-state index in [0.29, 0.717) is 24.2 Å². The number of hydrogen-bond donors (Lipinski definition) is 0. The summed E-state index contributed by atoms with van der Waals surface area (Å²) in [4.78, 5) is -1.85. The Labute approximate surface area is 163 Å². The third-order valence-electron chi connectivity index (χ3n) is 4.27. The molecule has 1 aliphatic carbocycles. The van der Waals surface area contributed by atoms with Gasteiger partial charge in [-0.05, 0) is 30.5 Å². The van der Waals surface area contributed by atoms with Gasteiger partial charge in [-0.1, -0.05) is 18.1 Å². The quantitative estimate of drug-likeness (QED) is 0.290. The summed E-state index contributed by atoms with van der Waals surface area (Å²) < 4.78 is 100. The van der Waals surface area contributed by atoms with E-state index < -0.39 is 50.0 Å². The van der Waals surface area contributed by atoms with E-state index in [2.05, 4.69) is 5.92 Å². The van der Waals surface area contributed by atoms with E-state index in [1.165, 1.54) is 24.3 Å². The summed E-state index contributed by atoms with van der Waals surface area (Å²) in [6, 6.07) is 5.45. The van der Waals surface area contributed by atoms with Gasteiger partial charge in [-0.3, -0.25) is 0 Å². The lowest BCUT2D eigenvalue weighted by molar-refractivity contribution is 0.346. The van der Waals surface area contributed by atoms with Crippen LogP contribution in [0.4, 0.5) is 22.0 Å². The van der Waals surface area contributed by atoms with Crippen molar-refractivity contribution in [2.45, 2.75) is 30.3 Å². The maximum Gasteiger partial charge on any atom is 0.249 e. The molecule has 0 atom stereocenters. The molecule has 10 heteroatoms. The second-order valence-corrected chi connectivity index (χ2v) is 8.14. The fraction of sp³-hybridized carbons (Fsp3) is 0.263. The average Bonchev–Trinajstić information content (AvgIpc) is 3.53. The van der Waals surface area contributed by atoms with Gasteiger partial charge < -0.3 is 4.74 Å². The van der Waals surface area contributed by atoms with Crippen LogP contribution in [-0.4, -0.2) is 25.4 Å². The van der Waals surface area contributed by atoms with Crippen LogP contribution in [0.15, 0.2) is 29.2 Å². The molecular weight excluding hydrogens is 417 g/mol. The van der Waals surface area contributed by atoms with Crippen LogP contribution in [-0.2, 0) is 16.6 Å². The first-order valence-electron chi connectivity index (χ1n) is 8.37. The molecule has 0 spiro atoms. The lowest BCUT2D eigenvalue weighted by atomic mass is 10.2. The van der Waals surface area contributed by atoms with Gasteiger partial charge in [0.05, 0.1) is 0 Å². The smallest absolute Gasteiger partial charge is 0.249 e. The molecule has 0 aliphatic heterocycles. The molecule has 0 radical (unpaired) electrons. The number of nitrogens with zero attached hydrogens (tertiary/aromatic N) is 1. The molecule has 1 fully saturated rings. The van der Waals surface area contributed by atoms with Crippen LogP contribution in [0.5, 0.6) is 5.75 Å². The van der Waals surface area contributed by atoms with Crippen LogP contribution in [0.2, 0.25) is 0 Å². The molecule has 1 aliphatic rings. The Morgan fingerprint density at radius 3 is 1.97 bits per heavy atom. The first kappa shape index (κ1) is 21.1. The molecule has 4 nitrogen and oxygen atoms in total. The molecule has 0 aromatic heterocycles. The molecule has 0 saturated heterocycles. The summed E-state index contributed by atoms with van der Waals surface area (Å²) in [5.74, 6) is -9.11. The maximum absolute atomic E-state index is 14.1. The van der Waals surface area contributed by atoms with Gasteiger partial charge in [-0.15, -0.1) is 6.42 Å². The Kier molecular flexibility index (Phi) is 5.82. The van der Waals surface area contributed by atoms with Crippen molar-refractivity contribution in [3.8, 4) is 18.1 Å². The summed E-state index contributed by atoms with van der Waals surface area (Å²) in [6.45, 7) is -0.288. The molecule has 29 heavy (non-hydrogen) atoms. The molecule has 3 rings (SSSR count). The SMILES string of the molecule is C#CCOc1ccc(CN(C2CC2)S(=O)(=O)c2c(F)c(F)c(F)c(F)c2F)cc1. The maximum atomic E-state index is 14.1. The molecule has 0 heterocycles. The number of ether oxygens (including phenoxy) is 1. The first-order valence-corrected chi connectivity index (χ1v) is 9.81. The minimum Gasteiger partial charge on any atom is -0.481 e. The lowest BCUT2D eigenvalue weighted by Crippen LogP contribution is -2.34. The van der Waals surface area contributed by atoms with E-state index in [9.17, 15) is 30.4 Å². The standard InChI is InChI=1S/C19H14F5NO3S/c1-2-9-28-13-7-3-11(4-8-13)10-25(12-5-6-12)29(26,27)19-17(23)15(21)14(20)16(22)18(19)24/h1,3-4,7-8,12H,5-6,9-10H2. The molecular formula is C19H14F5NO3S. The van der Waals surface area contributed by atoms with Crippen molar-refractivity contribution in [3.63, 3.8) is 0 Å². The fourth-order valence-electron chi connectivity index (χ4n) is 2.70. The van der Waals surface area contributed by atoms with Gasteiger partial charge in [-0.2, -0.15) is 4.31 Å². The van der Waals surface area contributed by atoms with Gasteiger partial charge in [-0.25, -0.2) is 30.4 Å². The largest absolute Gasteiger partial charge is 0.481 e. The highest BCUT2D eigenvalue weighted by molar-refractivity contribution is 7.89. The third-order valence-corrected chi connectivity index (χ3v) is 6.19. The molecule has 0 N–H and O–H groups in total. The normalized spacial score (nSPS) is 14.1. The highest BCUT2D eigenvalue weighted by Gasteiger charge is 2.43. The van der Waals surface area contributed by atoms with E-state index >= 15 is 0 Å². The molecule has 2 aromatic rings. The Hall–Kier alpha value is -2.64. The van der Waals surface area contributed by atoms with Crippen LogP contribution in [0.3, 0.4) is 0 Å². The van der Waals surface area contributed by atoms with E-state index in [-0.39, 0.29) is 13.2 Å². The minimum absolute atomic E-state index is 0.0299. The van der Waals surface area contributed by atoms with Gasteiger partial charge in [0, 0.05) is 12.6 Å². The predicted molar refractivity (Wildman–Crippen MR) is 92.8 cm³/mol. The fourth-order valence-corrected chi connectivity index (χ4v) is 4.49. The summed E-state index contributed by atoms with van der Waals surface area (Å²) in [5, 5.41) is 0. The molecule has 0 unspecified atom stereocenters. The first-order chi connectivity index (χ1) is 13.7. The zero-order chi connectivity index (χ0) is 21.3. The summed E-state index contributed by atoms with van der Waals surface area (Å²) in [5.41, 5.74) is 0.428. The number of halogens is 5. The van der Waals surface area contributed by atoms with Crippen LogP contribution in [0.25, 0.3) is 0 Å². The zero-order valence-electron chi connectivity index (χ0n) is 14.8. The molecule has 2 aromatic carbocycles. The van der Waals surface area contributed by atoms with Crippen LogP contribution in [0.1, 0.15) is 18.4 Å². The zero-order valence-corrected chi connectivity index (χ0v) is 15.6. The van der Waals surface area contributed by atoms with Crippen molar-refractivity contribution in [1.29, 1.82) is 0 Å². The van der Waals surface area contributed by atoms with Crippen LogP contribution >= 0.6 is 0 Å². The minimum atomic E-state index is -5.00. The second-order valence-electron chi connectivity index (χ2n) is 6.32. The summed E-state index contributed by atoms with van der Waals surface area (Å²) in [7, 11) is -5.00. The average molecular weight is 431 g/mol. The van der Waals surface area contributed by atoms with Crippen molar-refractivity contribution in [2.75, 3.05) is 6.61 Å². The van der Waals surface area contributed by atoms with Gasteiger partial charge >= 0.3 is 0 Å². The Morgan fingerprint density at radius 1 is 0.966 bits per heavy atom. The van der Waals surface area contributed by atoms with E-state index in [1.54, 1.807) is 0 Å². The van der Waals surface area contributed by atoms with Crippen LogP contribution < -0.4 is 4.74 Å². The van der Waals surface area contributed by atoms with E-state index in [4.69, 9.17) is 11.2 Å². The van der Waals surface area contributed by atoms with Crippen molar-refractivity contribution in [1.82, 2.24) is 4.31 Å². The Balaban J connectivity index is 1.97. The highest BCUT2D eigenvalue weighted by atomic mass is 32.2. The monoisotopic (exact) mass is 431 g/mol. The van der Waals surface area contributed by atoms with Crippen molar-refractivity contribution in [2.24, 2.45) is 0 Å². The van der Waals surface area contributed by atoms with E-state index in [0.717, 1.165) is 4.31 Å². The molecule has 0 bridgehead atoms. The van der Waals surface area contributed by atoms with Gasteiger partial charge in [0.25, 0.3) is 0 Å². The molecule has 1 saturated carbocycles. The number of terminal acetylenes is 1. The van der Waals surface area contributed by atoms with Crippen LogP contribution in [0, 0.1) is 41.4 Å². The van der Waals surface area contributed by atoms with Crippen molar-refractivity contribution in [3.05, 3.63) is 58.9 Å². The predicted octanol–water partition coefficient (Wildman–Crippen LogP) is 3.75. The molecule has 154 valence electrons. The number of rotatable bonds is 7. The summed E-state index contributed by atoms with van der Waals surface area (Å²) >= 11 is 0. The Bertz CT molecular complexity index is 1050. The molecule has 0 amide bonds. The van der Waals surface area contributed by atoms with Gasteiger partial charge in [0.2, 0.25) is 15.8 Å². The van der Waals surface area contributed by atoms with E-state index in [1.807, 2.05) is 0 Å². The third kappa shape index (κ3) is 4.06. The van der Waals surface area contributed by atoms with Gasteiger partial charge in [0.15, 0.2) is 28.2 Å². The Morgan fingerprint density at radius 2 is 1.48 bits per heavy atom. The number of benzene rings is 2. The summed E-state index contributed by atoms with van der Waals surface area (Å²) in [6.07, 6.45) is 5.89. The van der Waals surface area contributed by atoms with Gasteiger partial charge in [0.1, 0.15) is 12.4 Å². The number of sulfonamides is 1. The van der Waals surface area contributed by atoms with Crippen molar-refractivity contribution >= 4 is 10.0 Å². The second kappa shape index (κ2) is 8.00. The lowest BCUT2D eigenvalue weighted by Gasteiger charge is -2.23.